The van der Waals surface area contributed by atoms with Gasteiger partial charge in [-0.3, -0.25) is 4.98 Å². The van der Waals surface area contributed by atoms with Gasteiger partial charge in [0.25, 0.3) is 0 Å². The molecule has 1 fully saturated rings. The highest BCUT2D eigenvalue weighted by Crippen LogP contribution is 2.39. The maximum absolute atomic E-state index is 13.6. The number of hydrogen-bond donors (Lipinski definition) is 1. The van der Waals surface area contributed by atoms with Crippen LogP contribution in [0.3, 0.4) is 0 Å². The molecule has 22 heavy (non-hydrogen) atoms. The summed E-state index contributed by atoms with van der Waals surface area (Å²) in [7, 11) is 0. The van der Waals surface area contributed by atoms with Gasteiger partial charge in [0.1, 0.15) is 5.82 Å². The van der Waals surface area contributed by atoms with Crippen LogP contribution >= 0.6 is 0 Å². The van der Waals surface area contributed by atoms with Gasteiger partial charge in [0.15, 0.2) is 0 Å². The molecule has 3 heteroatoms. The van der Waals surface area contributed by atoms with Crippen molar-refractivity contribution in [2.45, 2.75) is 44.1 Å². The number of pyridine rings is 1. The molecule has 0 saturated heterocycles. The fourth-order valence-electron chi connectivity index (χ4n) is 3.74. The Labute approximate surface area is 131 Å². The van der Waals surface area contributed by atoms with Crippen LogP contribution in [-0.4, -0.2) is 11.0 Å². The maximum atomic E-state index is 13.6. The molecular weight excluding hydrogens is 275 g/mol. The van der Waals surface area contributed by atoms with E-state index in [9.17, 15) is 4.39 Å². The summed E-state index contributed by atoms with van der Waals surface area (Å²) in [4.78, 5) is 4.35. The third kappa shape index (κ3) is 3.05. The van der Waals surface area contributed by atoms with Gasteiger partial charge in [-0.2, -0.15) is 0 Å². The van der Waals surface area contributed by atoms with E-state index in [1.807, 2.05) is 12.3 Å². The molecule has 0 aliphatic heterocycles. The number of nitrogens with zero attached hydrogens (tertiary/aromatic N) is 1. The molecule has 1 aliphatic rings. The van der Waals surface area contributed by atoms with E-state index in [1.54, 1.807) is 12.1 Å². The summed E-state index contributed by atoms with van der Waals surface area (Å²) in [6.07, 6.45) is 9.15. The quantitative estimate of drug-likeness (QED) is 0.841. The van der Waals surface area contributed by atoms with Gasteiger partial charge in [-0.05, 0) is 73.8 Å². The highest BCUT2D eigenvalue weighted by atomic mass is 19.1. The molecule has 0 bridgehead atoms. The Bertz CT molecular complexity index is 660. The molecule has 1 heterocycles. The summed E-state index contributed by atoms with van der Waals surface area (Å²) < 4.78 is 13.6. The van der Waals surface area contributed by atoms with Crippen molar-refractivity contribution in [2.24, 2.45) is 11.7 Å². The monoisotopic (exact) mass is 298 g/mol. The van der Waals surface area contributed by atoms with Crippen molar-refractivity contribution in [3.63, 3.8) is 0 Å². The third-order valence-corrected chi connectivity index (χ3v) is 4.99. The van der Waals surface area contributed by atoms with Gasteiger partial charge in [0, 0.05) is 17.6 Å². The highest BCUT2D eigenvalue weighted by Gasteiger charge is 2.26. The van der Waals surface area contributed by atoms with Crippen LogP contribution in [0, 0.1) is 11.7 Å². The Morgan fingerprint density at radius 2 is 2.05 bits per heavy atom. The summed E-state index contributed by atoms with van der Waals surface area (Å²) >= 11 is 0. The van der Waals surface area contributed by atoms with Gasteiger partial charge in [0.2, 0.25) is 0 Å². The molecule has 1 atom stereocenters. The minimum absolute atomic E-state index is 0.191. The first-order valence-electron chi connectivity index (χ1n) is 8.09. The van der Waals surface area contributed by atoms with E-state index in [0.717, 1.165) is 43.0 Å². The average molecular weight is 298 g/mol. The minimum Gasteiger partial charge on any atom is -0.327 e. The van der Waals surface area contributed by atoms with Crippen LogP contribution in [0.2, 0.25) is 0 Å². The Morgan fingerprint density at radius 1 is 1.27 bits per heavy atom. The summed E-state index contributed by atoms with van der Waals surface area (Å²) in [6.45, 7) is 3.78. The van der Waals surface area contributed by atoms with Crippen molar-refractivity contribution in [3.05, 3.63) is 54.5 Å². The van der Waals surface area contributed by atoms with E-state index < -0.39 is 0 Å². The van der Waals surface area contributed by atoms with Crippen molar-refractivity contribution >= 4 is 10.9 Å². The van der Waals surface area contributed by atoms with Gasteiger partial charge >= 0.3 is 0 Å². The van der Waals surface area contributed by atoms with Gasteiger partial charge in [-0.25, -0.2) is 4.39 Å². The summed E-state index contributed by atoms with van der Waals surface area (Å²) in [5, 5.41) is 0.960. The van der Waals surface area contributed by atoms with Crippen molar-refractivity contribution in [3.8, 4) is 0 Å². The molecule has 1 aliphatic carbocycles. The number of nitrogens with two attached hydrogens (primary N) is 1. The lowest BCUT2D eigenvalue weighted by molar-refractivity contribution is 0.283. The lowest BCUT2D eigenvalue weighted by Crippen LogP contribution is -2.32. The number of hydrogen-bond acceptors (Lipinski definition) is 2. The second-order valence-corrected chi connectivity index (χ2v) is 6.36. The molecule has 116 valence electrons. The first kappa shape index (κ1) is 15.2. The van der Waals surface area contributed by atoms with Gasteiger partial charge < -0.3 is 5.73 Å². The second-order valence-electron chi connectivity index (χ2n) is 6.36. The fraction of sp³-hybridized carbons (Fsp3) is 0.421. The first-order valence-corrected chi connectivity index (χ1v) is 8.09. The molecule has 3 rings (SSSR count). The molecule has 1 saturated carbocycles. The molecule has 2 N–H and O–H groups in total. The van der Waals surface area contributed by atoms with E-state index in [-0.39, 0.29) is 11.9 Å². The number of aromatic nitrogens is 1. The van der Waals surface area contributed by atoms with Crippen molar-refractivity contribution in [2.75, 3.05) is 0 Å². The Balaban J connectivity index is 1.79. The summed E-state index contributed by atoms with van der Waals surface area (Å²) in [5.74, 6) is 0.877. The SMILES string of the molecule is C=CC[C@@H](N)[C@H]1CC[C@H](c2ccnc3ccc(F)cc32)CC1. The molecular formula is C19H23FN2. The number of benzene rings is 1. The van der Waals surface area contributed by atoms with E-state index in [1.165, 1.54) is 11.6 Å². The lowest BCUT2D eigenvalue weighted by Gasteiger charge is -2.32. The van der Waals surface area contributed by atoms with Crippen LogP contribution in [0.1, 0.15) is 43.6 Å². The number of halogens is 1. The molecule has 0 amide bonds. The smallest absolute Gasteiger partial charge is 0.123 e. The van der Waals surface area contributed by atoms with Crippen LogP contribution in [0.5, 0.6) is 0 Å². The van der Waals surface area contributed by atoms with Crippen molar-refractivity contribution in [1.29, 1.82) is 0 Å². The standard InChI is InChI=1S/C19H23FN2/c1-2-3-18(21)14-6-4-13(5-7-14)16-10-11-22-19-9-8-15(20)12-17(16)19/h2,8-14,18H,1,3-7,21H2/t13-,14-,18-/m1/s1. The second kappa shape index (κ2) is 6.57. The predicted molar refractivity (Wildman–Crippen MR) is 89.2 cm³/mol. The summed E-state index contributed by atoms with van der Waals surface area (Å²) in [5.41, 5.74) is 8.34. The minimum atomic E-state index is -0.191. The molecule has 2 nitrogen and oxygen atoms in total. The zero-order chi connectivity index (χ0) is 15.5. The Hall–Kier alpha value is -1.74. The van der Waals surface area contributed by atoms with Crippen LogP contribution in [-0.2, 0) is 0 Å². The predicted octanol–water partition coefficient (Wildman–Crippen LogP) is 4.55. The van der Waals surface area contributed by atoms with E-state index in [2.05, 4.69) is 17.6 Å². The zero-order valence-corrected chi connectivity index (χ0v) is 12.8. The van der Waals surface area contributed by atoms with Crippen LogP contribution < -0.4 is 5.73 Å². The van der Waals surface area contributed by atoms with Gasteiger partial charge in [-0.15, -0.1) is 6.58 Å². The summed E-state index contributed by atoms with van der Waals surface area (Å²) in [6, 6.07) is 7.14. The van der Waals surface area contributed by atoms with Crippen molar-refractivity contribution in [1.82, 2.24) is 4.98 Å². The number of fused-ring (bicyclic) bond motifs is 1. The molecule has 0 unspecified atom stereocenters. The van der Waals surface area contributed by atoms with Gasteiger partial charge in [-0.1, -0.05) is 6.08 Å². The largest absolute Gasteiger partial charge is 0.327 e. The molecule has 1 aromatic carbocycles. The highest BCUT2D eigenvalue weighted by molar-refractivity contribution is 5.82. The van der Waals surface area contributed by atoms with Gasteiger partial charge in [0.05, 0.1) is 5.52 Å². The Kier molecular flexibility index (Phi) is 4.53. The first-order chi connectivity index (χ1) is 10.7. The van der Waals surface area contributed by atoms with Crippen LogP contribution in [0.4, 0.5) is 4.39 Å². The molecule has 0 radical (unpaired) electrons. The number of rotatable bonds is 4. The van der Waals surface area contributed by atoms with Crippen LogP contribution in [0.15, 0.2) is 43.1 Å². The molecule has 1 aromatic heterocycles. The lowest BCUT2D eigenvalue weighted by atomic mass is 9.75. The maximum Gasteiger partial charge on any atom is 0.123 e. The fourth-order valence-corrected chi connectivity index (χ4v) is 3.74. The average Bonchev–Trinajstić information content (AvgIpc) is 2.54. The van der Waals surface area contributed by atoms with E-state index in [0.29, 0.717) is 11.8 Å². The Morgan fingerprint density at radius 3 is 2.77 bits per heavy atom. The molecule has 0 spiro atoms. The zero-order valence-electron chi connectivity index (χ0n) is 12.8. The topological polar surface area (TPSA) is 38.9 Å². The third-order valence-electron chi connectivity index (χ3n) is 4.99. The molecule has 2 aromatic rings. The van der Waals surface area contributed by atoms with Crippen LogP contribution in [0.25, 0.3) is 10.9 Å². The van der Waals surface area contributed by atoms with E-state index in [4.69, 9.17) is 5.73 Å². The van der Waals surface area contributed by atoms with E-state index >= 15 is 0 Å². The van der Waals surface area contributed by atoms with Crippen molar-refractivity contribution < 1.29 is 4.39 Å². The normalized spacial score (nSPS) is 23.4.